The van der Waals surface area contributed by atoms with Gasteiger partial charge in [0.15, 0.2) is 17.0 Å². The molecule has 4 atom stereocenters. The number of hydrogen-bond donors (Lipinski definition) is 1. The van der Waals surface area contributed by atoms with E-state index in [-0.39, 0.29) is 49.9 Å². The molecule has 63 heavy (non-hydrogen) atoms. The number of benzene rings is 4. The molecule has 4 aromatic carbocycles. The summed E-state index contributed by atoms with van der Waals surface area (Å²) in [6.45, 7) is 7.36. The minimum atomic E-state index is -4.02. The van der Waals surface area contributed by atoms with E-state index in [1.165, 1.54) is 6.33 Å². The Morgan fingerprint density at radius 1 is 0.857 bits per heavy atom. The van der Waals surface area contributed by atoms with Crippen LogP contribution in [-0.4, -0.2) is 81.8 Å². The van der Waals surface area contributed by atoms with Gasteiger partial charge in [0.2, 0.25) is 0 Å². The van der Waals surface area contributed by atoms with Gasteiger partial charge in [-0.2, -0.15) is 5.26 Å². The number of rotatable bonds is 19. The number of carbonyl (C=O) groups excluding carboxylic acids is 1. The van der Waals surface area contributed by atoms with Gasteiger partial charge in [0, 0.05) is 24.1 Å². The van der Waals surface area contributed by atoms with Crippen molar-refractivity contribution in [2.45, 2.75) is 76.7 Å². The minimum Gasteiger partial charge on any atom is -0.497 e. The summed E-state index contributed by atoms with van der Waals surface area (Å²) in [5.41, 5.74) is 2.43. The fourth-order valence-electron chi connectivity index (χ4n) is 8.03. The van der Waals surface area contributed by atoms with Crippen LogP contribution >= 0.6 is 7.75 Å². The third kappa shape index (κ3) is 9.67. The molecular weight excluding hydrogens is 822 g/mol. The van der Waals surface area contributed by atoms with E-state index in [4.69, 9.17) is 28.0 Å². The Kier molecular flexibility index (Phi) is 14.3. The maximum Gasteiger partial charge on any atom is 0.408 e. The van der Waals surface area contributed by atoms with Gasteiger partial charge >= 0.3 is 7.75 Å². The van der Waals surface area contributed by atoms with E-state index in [1.807, 2.05) is 113 Å². The second-order valence-corrected chi connectivity index (χ2v) is 17.4. The zero-order valence-corrected chi connectivity index (χ0v) is 37.1. The normalized spacial score (nSPS) is 17.5. The van der Waals surface area contributed by atoms with Gasteiger partial charge in [-0.3, -0.25) is 18.4 Å². The number of carbonyl (C=O) groups is 1. The standard InChI is InChI=1S/C47H52N7O8P/c1-32(2)54(33(3)4)63(56,59-27-13-26-48)60-29-41-40(28-42(61-41)53-31-51-43-44(49-30-50-45(43)53)52-46(55)34-14-9-7-10-15-34)62-47(35-16-11-8-12-17-35,36-18-22-38(57-5)23-19-36)37-20-24-39(58-6)25-21-37/h7-12,14-25,30-33,40-42H,13,27-29H2,1-6H3,(H,49,50,52,55)/t40-,41-,42-,63?/m1/s1. The lowest BCUT2D eigenvalue weighted by molar-refractivity contribution is -0.0981. The molecule has 1 aliphatic rings. The number of amides is 1. The summed E-state index contributed by atoms with van der Waals surface area (Å²) in [5.74, 6) is 1.23. The van der Waals surface area contributed by atoms with E-state index in [0.717, 1.165) is 16.7 Å². The first-order valence-corrected chi connectivity index (χ1v) is 22.3. The maximum absolute atomic E-state index is 14.9. The number of nitrogens with zero attached hydrogens (tertiary/aromatic N) is 6. The van der Waals surface area contributed by atoms with Gasteiger partial charge in [-0.05, 0) is 80.8 Å². The third-order valence-corrected chi connectivity index (χ3v) is 13.3. The fourth-order valence-corrected chi connectivity index (χ4v) is 10.2. The Balaban J connectivity index is 1.33. The van der Waals surface area contributed by atoms with E-state index < -0.39 is 31.8 Å². The molecule has 1 fully saturated rings. The number of hydrogen-bond acceptors (Lipinski definition) is 12. The molecule has 16 heteroatoms. The molecule has 0 bridgehead atoms. The molecule has 1 N–H and O–H groups in total. The van der Waals surface area contributed by atoms with Gasteiger partial charge in [-0.15, -0.1) is 0 Å². The topological polar surface area (TPSA) is 172 Å². The summed E-state index contributed by atoms with van der Waals surface area (Å²) >= 11 is 0. The minimum absolute atomic E-state index is 0.0256. The highest BCUT2D eigenvalue weighted by atomic mass is 31.2. The highest BCUT2D eigenvalue weighted by Crippen LogP contribution is 2.55. The molecule has 0 spiro atoms. The Morgan fingerprint density at radius 2 is 1.44 bits per heavy atom. The van der Waals surface area contributed by atoms with E-state index >= 15 is 0 Å². The third-order valence-electron chi connectivity index (χ3n) is 10.8. The Bertz CT molecular complexity index is 2480. The van der Waals surface area contributed by atoms with Crippen molar-refractivity contribution in [2.24, 2.45) is 0 Å². The van der Waals surface area contributed by atoms with E-state index in [9.17, 15) is 14.6 Å². The smallest absolute Gasteiger partial charge is 0.408 e. The molecule has 2 aromatic heterocycles. The average molecular weight is 874 g/mol. The number of aromatic nitrogens is 4. The first-order valence-electron chi connectivity index (χ1n) is 20.8. The van der Waals surface area contributed by atoms with Crippen molar-refractivity contribution < 1.29 is 37.4 Å². The van der Waals surface area contributed by atoms with Crippen molar-refractivity contribution in [3.63, 3.8) is 0 Å². The Hall–Kier alpha value is -5.98. The first-order chi connectivity index (χ1) is 30.5. The van der Waals surface area contributed by atoms with Crippen molar-refractivity contribution in [3.8, 4) is 17.6 Å². The van der Waals surface area contributed by atoms with Crippen LogP contribution in [0.15, 0.2) is 122 Å². The summed E-state index contributed by atoms with van der Waals surface area (Å²) in [7, 11) is -0.783. The van der Waals surface area contributed by atoms with E-state index in [1.54, 1.807) is 54.0 Å². The predicted molar refractivity (Wildman–Crippen MR) is 237 cm³/mol. The van der Waals surface area contributed by atoms with Crippen molar-refractivity contribution in [3.05, 3.63) is 144 Å². The van der Waals surface area contributed by atoms with Gasteiger partial charge in [0.25, 0.3) is 5.91 Å². The van der Waals surface area contributed by atoms with Gasteiger partial charge in [-0.1, -0.05) is 72.8 Å². The lowest BCUT2D eigenvalue weighted by Crippen LogP contribution is -2.41. The highest BCUT2D eigenvalue weighted by molar-refractivity contribution is 7.51. The molecular formula is C47H52N7O8P. The molecule has 1 saturated heterocycles. The number of nitriles is 1. The SMILES string of the molecule is COc1ccc(C(O[C@@H]2C[C@H](n3cnc4c(NC(=O)c5ccccc5)ncnc43)O[C@@H]2COP(=O)(OCCC#N)N(C(C)C)C(C)C)(c2ccccc2)c2ccc(OC)cc2)cc1. The van der Waals surface area contributed by atoms with Gasteiger partial charge < -0.3 is 24.3 Å². The number of methoxy groups -OCH3 is 2. The van der Waals surface area contributed by atoms with Crippen LogP contribution in [0.3, 0.4) is 0 Å². The molecule has 328 valence electrons. The summed E-state index contributed by atoms with van der Waals surface area (Å²) in [5, 5.41) is 12.2. The predicted octanol–water partition coefficient (Wildman–Crippen LogP) is 8.93. The van der Waals surface area contributed by atoms with Crippen LogP contribution in [0, 0.1) is 11.3 Å². The molecule has 6 aromatic rings. The number of nitrogens with one attached hydrogen (secondary N) is 1. The molecule has 15 nitrogen and oxygen atoms in total. The van der Waals surface area contributed by atoms with E-state index in [2.05, 4.69) is 26.3 Å². The zero-order chi connectivity index (χ0) is 44.6. The quantitative estimate of drug-likeness (QED) is 0.0465. The largest absolute Gasteiger partial charge is 0.497 e. The maximum atomic E-state index is 14.9. The number of fused-ring (bicyclic) bond motifs is 1. The molecule has 0 radical (unpaired) electrons. The molecule has 0 saturated carbocycles. The summed E-state index contributed by atoms with van der Waals surface area (Å²) in [6.07, 6.45) is 0.919. The molecule has 1 aliphatic heterocycles. The van der Waals surface area contributed by atoms with E-state index in [0.29, 0.717) is 28.2 Å². The Labute approximate surface area is 367 Å². The van der Waals surface area contributed by atoms with Gasteiger partial charge in [0.1, 0.15) is 35.8 Å². The van der Waals surface area contributed by atoms with Gasteiger partial charge in [-0.25, -0.2) is 24.2 Å². The fraction of sp³-hybridized carbons (Fsp3) is 0.340. The summed E-state index contributed by atoms with van der Waals surface area (Å²) in [4.78, 5) is 26.8. The molecule has 0 aliphatic carbocycles. The van der Waals surface area contributed by atoms with Crippen LogP contribution in [0.1, 0.15) is 73.8 Å². The summed E-state index contributed by atoms with van der Waals surface area (Å²) in [6, 6.07) is 35.8. The van der Waals surface area contributed by atoms with Crippen molar-refractivity contribution in [1.29, 1.82) is 5.26 Å². The second kappa shape index (κ2) is 20.0. The average Bonchev–Trinajstić information content (AvgIpc) is 3.92. The van der Waals surface area contributed by atoms with Crippen LogP contribution in [0.4, 0.5) is 5.82 Å². The second-order valence-electron chi connectivity index (χ2n) is 15.5. The van der Waals surface area contributed by atoms with Crippen molar-refractivity contribution >= 4 is 30.6 Å². The zero-order valence-electron chi connectivity index (χ0n) is 36.2. The van der Waals surface area contributed by atoms with Crippen LogP contribution < -0.4 is 14.8 Å². The highest BCUT2D eigenvalue weighted by Gasteiger charge is 2.48. The Morgan fingerprint density at radius 3 is 2.02 bits per heavy atom. The number of ether oxygens (including phenoxy) is 4. The monoisotopic (exact) mass is 873 g/mol. The lowest BCUT2D eigenvalue weighted by atomic mass is 9.79. The molecule has 1 amide bonds. The van der Waals surface area contributed by atoms with Crippen molar-refractivity contribution in [1.82, 2.24) is 24.2 Å². The molecule has 1 unspecified atom stereocenters. The van der Waals surface area contributed by atoms with Crippen molar-refractivity contribution in [2.75, 3.05) is 32.8 Å². The van der Waals surface area contributed by atoms with Crippen LogP contribution in [0.25, 0.3) is 11.2 Å². The van der Waals surface area contributed by atoms with Crippen LogP contribution in [-0.2, 0) is 28.7 Å². The van der Waals surface area contributed by atoms with Gasteiger partial charge in [0.05, 0.1) is 52.4 Å². The summed E-state index contributed by atoms with van der Waals surface area (Å²) < 4.78 is 56.4. The van der Waals surface area contributed by atoms with Crippen LogP contribution in [0.2, 0.25) is 0 Å². The number of anilines is 1. The molecule has 3 heterocycles. The lowest BCUT2D eigenvalue weighted by Gasteiger charge is -2.40. The first kappa shape index (κ1) is 45.1. The molecule has 7 rings (SSSR count). The number of imidazole rings is 1. The van der Waals surface area contributed by atoms with Crippen LogP contribution in [0.5, 0.6) is 11.5 Å².